The summed E-state index contributed by atoms with van der Waals surface area (Å²) in [5.74, 6) is 0. The van der Waals surface area contributed by atoms with Gasteiger partial charge in [-0.15, -0.1) is 0 Å². The number of hydrogen-bond donors (Lipinski definition) is 0. The quantitative estimate of drug-likeness (QED) is 0.623. The molecular weight excluding hydrogens is 348 g/mol. The fourth-order valence-electron chi connectivity index (χ4n) is 0.907. The predicted molar refractivity (Wildman–Crippen MR) is 56.8 cm³/mol. The smallest absolute Gasteiger partial charge is 0.166 e. The molecule has 0 aromatic heterocycles. The standard InChI is InChI=1S/C8H4Br2ClF3/c9-3-4-1-5(8(12,13)14)2-6(10)7(4)11/h1-2H,3H2. The van der Waals surface area contributed by atoms with Crippen molar-refractivity contribution < 1.29 is 13.2 Å². The van der Waals surface area contributed by atoms with Crippen molar-refractivity contribution in [1.82, 2.24) is 0 Å². The Balaban J connectivity index is 3.30. The zero-order chi connectivity index (χ0) is 10.9. The lowest BCUT2D eigenvalue weighted by molar-refractivity contribution is -0.137. The van der Waals surface area contributed by atoms with Gasteiger partial charge in [-0.2, -0.15) is 13.2 Å². The molecular formula is C8H4Br2ClF3. The molecule has 1 aromatic carbocycles. The summed E-state index contributed by atoms with van der Waals surface area (Å²) in [5, 5.41) is 0.587. The van der Waals surface area contributed by atoms with E-state index in [9.17, 15) is 13.2 Å². The van der Waals surface area contributed by atoms with Crippen LogP contribution in [0.5, 0.6) is 0 Å². The topological polar surface area (TPSA) is 0 Å². The second kappa shape index (κ2) is 4.41. The van der Waals surface area contributed by atoms with E-state index in [0.29, 0.717) is 10.6 Å². The first-order valence-electron chi connectivity index (χ1n) is 3.47. The highest BCUT2D eigenvalue weighted by molar-refractivity contribution is 9.10. The fraction of sp³-hybridized carbons (Fsp3) is 0.250. The van der Waals surface area contributed by atoms with Crippen molar-refractivity contribution in [3.63, 3.8) is 0 Å². The summed E-state index contributed by atoms with van der Waals surface area (Å²) < 4.78 is 37.3. The number of hydrogen-bond acceptors (Lipinski definition) is 0. The van der Waals surface area contributed by atoms with Crippen molar-refractivity contribution in [2.24, 2.45) is 0 Å². The van der Waals surface area contributed by atoms with Crippen LogP contribution in [0.15, 0.2) is 16.6 Å². The molecule has 0 bridgehead atoms. The van der Waals surface area contributed by atoms with Gasteiger partial charge in [-0.05, 0) is 33.6 Å². The van der Waals surface area contributed by atoms with Crippen LogP contribution in [0.4, 0.5) is 13.2 Å². The Kier molecular flexibility index (Phi) is 3.88. The zero-order valence-corrected chi connectivity index (χ0v) is 10.6. The molecule has 1 aromatic rings. The van der Waals surface area contributed by atoms with Crippen LogP contribution in [0, 0.1) is 0 Å². The van der Waals surface area contributed by atoms with Crippen LogP contribution in [-0.4, -0.2) is 0 Å². The van der Waals surface area contributed by atoms with E-state index in [0.717, 1.165) is 12.1 Å². The van der Waals surface area contributed by atoms with Gasteiger partial charge in [0.25, 0.3) is 0 Å². The summed E-state index contributed by atoms with van der Waals surface area (Å²) in [6.45, 7) is 0. The lowest BCUT2D eigenvalue weighted by Crippen LogP contribution is -2.05. The monoisotopic (exact) mass is 350 g/mol. The molecule has 0 unspecified atom stereocenters. The van der Waals surface area contributed by atoms with Gasteiger partial charge in [0.15, 0.2) is 0 Å². The minimum Gasteiger partial charge on any atom is -0.166 e. The number of benzene rings is 1. The molecule has 0 radical (unpaired) electrons. The van der Waals surface area contributed by atoms with Gasteiger partial charge >= 0.3 is 6.18 Å². The maximum Gasteiger partial charge on any atom is 0.416 e. The molecule has 0 fully saturated rings. The molecule has 6 heteroatoms. The maximum absolute atomic E-state index is 12.3. The Labute approximate surface area is 101 Å². The third-order valence-corrected chi connectivity index (χ3v) is 3.48. The maximum atomic E-state index is 12.3. The van der Waals surface area contributed by atoms with E-state index in [1.54, 1.807) is 0 Å². The van der Waals surface area contributed by atoms with Crippen LogP contribution in [0.1, 0.15) is 11.1 Å². The van der Waals surface area contributed by atoms with Crippen molar-refractivity contribution in [1.29, 1.82) is 0 Å². The van der Waals surface area contributed by atoms with Gasteiger partial charge in [0.1, 0.15) is 0 Å². The first-order chi connectivity index (χ1) is 6.36. The second-order valence-corrected chi connectivity index (χ2v) is 4.36. The Hall–Kier alpha value is 0.260. The van der Waals surface area contributed by atoms with Gasteiger partial charge in [-0.3, -0.25) is 0 Å². The number of alkyl halides is 4. The first kappa shape index (κ1) is 12.3. The van der Waals surface area contributed by atoms with Crippen LogP contribution in [0.3, 0.4) is 0 Å². The average Bonchev–Trinajstić information content (AvgIpc) is 2.07. The highest BCUT2D eigenvalue weighted by Crippen LogP contribution is 2.36. The molecule has 0 nitrogen and oxygen atoms in total. The normalized spacial score (nSPS) is 11.9. The molecule has 0 aliphatic rings. The Morgan fingerprint density at radius 3 is 2.29 bits per heavy atom. The molecule has 0 heterocycles. The largest absolute Gasteiger partial charge is 0.416 e. The zero-order valence-electron chi connectivity index (χ0n) is 6.63. The van der Waals surface area contributed by atoms with Crippen LogP contribution in [0.25, 0.3) is 0 Å². The Bertz CT molecular complexity index is 349. The Morgan fingerprint density at radius 1 is 1.29 bits per heavy atom. The molecule has 0 atom stereocenters. The lowest BCUT2D eigenvalue weighted by atomic mass is 10.1. The molecule has 0 aliphatic carbocycles. The number of rotatable bonds is 1. The van der Waals surface area contributed by atoms with E-state index >= 15 is 0 Å². The molecule has 0 spiro atoms. The molecule has 78 valence electrons. The highest BCUT2D eigenvalue weighted by atomic mass is 79.9. The summed E-state index contributed by atoms with van der Waals surface area (Å²) in [7, 11) is 0. The third kappa shape index (κ3) is 2.64. The molecule has 0 aliphatic heterocycles. The Morgan fingerprint density at radius 2 is 1.86 bits per heavy atom. The summed E-state index contributed by atoms with van der Waals surface area (Å²) in [6, 6.07) is 2.00. The first-order valence-corrected chi connectivity index (χ1v) is 5.76. The molecule has 1 rings (SSSR count). The summed E-state index contributed by atoms with van der Waals surface area (Å²) in [4.78, 5) is 0. The molecule has 0 saturated carbocycles. The van der Waals surface area contributed by atoms with Crippen molar-refractivity contribution in [3.05, 3.63) is 32.8 Å². The number of halogens is 6. The molecule has 0 saturated heterocycles. The summed E-state index contributed by atoms with van der Waals surface area (Å²) in [6.07, 6.45) is -4.34. The molecule has 0 N–H and O–H groups in total. The third-order valence-electron chi connectivity index (χ3n) is 1.57. The predicted octanol–water partition coefficient (Wildman–Crippen LogP) is 5.02. The van der Waals surface area contributed by atoms with Crippen molar-refractivity contribution in [2.45, 2.75) is 11.5 Å². The van der Waals surface area contributed by atoms with Crippen LogP contribution in [-0.2, 0) is 11.5 Å². The van der Waals surface area contributed by atoms with Crippen LogP contribution >= 0.6 is 43.5 Å². The van der Waals surface area contributed by atoms with E-state index in [2.05, 4.69) is 31.9 Å². The van der Waals surface area contributed by atoms with Gasteiger partial charge in [-0.1, -0.05) is 27.5 Å². The van der Waals surface area contributed by atoms with E-state index in [-0.39, 0.29) is 9.80 Å². The second-order valence-electron chi connectivity index (χ2n) is 2.56. The average molecular weight is 352 g/mol. The van der Waals surface area contributed by atoms with Gasteiger partial charge < -0.3 is 0 Å². The van der Waals surface area contributed by atoms with Gasteiger partial charge in [0, 0.05) is 9.80 Å². The molecule has 14 heavy (non-hydrogen) atoms. The van der Waals surface area contributed by atoms with Crippen molar-refractivity contribution in [3.8, 4) is 0 Å². The fourth-order valence-corrected chi connectivity index (χ4v) is 2.19. The summed E-state index contributed by atoms with van der Waals surface area (Å²) in [5.41, 5.74) is -0.295. The van der Waals surface area contributed by atoms with E-state index in [1.165, 1.54) is 0 Å². The highest BCUT2D eigenvalue weighted by Gasteiger charge is 2.31. The SMILES string of the molecule is FC(F)(F)c1cc(Br)c(Cl)c(CBr)c1. The van der Waals surface area contributed by atoms with Gasteiger partial charge in [0.2, 0.25) is 0 Å². The van der Waals surface area contributed by atoms with Crippen molar-refractivity contribution in [2.75, 3.05) is 0 Å². The van der Waals surface area contributed by atoms with Crippen LogP contribution in [0.2, 0.25) is 5.02 Å². The van der Waals surface area contributed by atoms with Crippen LogP contribution < -0.4 is 0 Å². The van der Waals surface area contributed by atoms with Crippen molar-refractivity contribution >= 4 is 43.5 Å². The van der Waals surface area contributed by atoms with E-state index in [4.69, 9.17) is 11.6 Å². The van der Waals surface area contributed by atoms with E-state index < -0.39 is 11.7 Å². The lowest BCUT2D eigenvalue weighted by Gasteiger charge is -2.10. The van der Waals surface area contributed by atoms with Gasteiger partial charge in [-0.25, -0.2) is 0 Å². The summed E-state index contributed by atoms with van der Waals surface area (Å²) >= 11 is 11.8. The molecule has 0 amide bonds. The minimum atomic E-state index is -4.34. The minimum absolute atomic E-state index is 0.253. The van der Waals surface area contributed by atoms with Gasteiger partial charge in [0.05, 0.1) is 10.6 Å². The van der Waals surface area contributed by atoms with E-state index in [1.807, 2.05) is 0 Å².